The topological polar surface area (TPSA) is 62.7 Å². The zero-order valence-corrected chi connectivity index (χ0v) is 21.9. The van der Waals surface area contributed by atoms with Gasteiger partial charge < -0.3 is 14.7 Å². The van der Waals surface area contributed by atoms with Crippen molar-refractivity contribution in [1.29, 1.82) is 0 Å². The number of carbonyl (C=O) groups is 1. The highest BCUT2D eigenvalue weighted by Gasteiger charge is 2.34. The third kappa shape index (κ3) is 6.69. The molecule has 3 atom stereocenters. The molecule has 0 spiro atoms. The van der Waals surface area contributed by atoms with Crippen molar-refractivity contribution in [3.63, 3.8) is 0 Å². The lowest BCUT2D eigenvalue weighted by Gasteiger charge is -2.36. The number of methoxy groups -OCH3 is 1. The van der Waals surface area contributed by atoms with Crippen LogP contribution in [-0.2, 0) is 4.79 Å². The Bertz CT molecular complexity index is 1270. The predicted octanol–water partition coefficient (Wildman–Crippen LogP) is 6.78. The Hall–Kier alpha value is -2.49. The van der Waals surface area contributed by atoms with Gasteiger partial charge in [-0.25, -0.2) is 13.2 Å². The van der Waals surface area contributed by atoms with Crippen molar-refractivity contribution in [1.82, 2.24) is 9.88 Å². The first kappa shape index (κ1) is 27.5. The van der Waals surface area contributed by atoms with Crippen molar-refractivity contribution in [2.45, 2.75) is 30.3 Å². The highest BCUT2D eigenvalue weighted by atomic mass is 35.5. The van der Waals surface area contributed by atoms with Crippen LogP contribution in [0.3, 0.4) is 0 Å². The van der Waals surface area contributed by atoms with Gasteiger partial charge in [0.2, 0.25) is 0 Å². The summed E-state index contributed by atoms with van der Waals surface area (Å²) in [5, 5.41) is 10.7. The van der Waals surface area contributed by atoms with Crippen LogP contribution in [-0.4, -0.2) is 53.5 Å². The molecule has 2 heterocycles. The number of hydrogen-bond donors (Lipinski definition) is 1. The van der Waals surface area contributed by atoms with E-state index in [1.54, 1.807) is 18.2 Å². The molecule has 3 unspecified atom stereocenters. The summed E-state index contributed by atoms with van der Waals surface area (Å²) in [6, 6.07) is 8.54. The number of thioether (sulfide) groups is 1. The minimum absolute atomic E-state index is 0.138. The average molecular weight is 553 g/mol. The second-order valence-electron chi connectivity index (χ2n) is 9.17. The molecule has 5 nitrogen and oxygen atoms in total. The average Bonchev–Trinajstić information content (AvgIpc) is 2.89. The lowest BCUT2D eigenvalue weighted by molar-refractivity contribution is -0.146. The van der Waals surface area contributed by atoms with Crippen molar-refractivity contribution < 1.29 is 27.8 Å². The number of aliphatic carboxylic acids is 1. The minimum atomic E-state index is -1.38. The molecule has 2 aromatic carbocycles. The molecule has 1 aliphatic rings. The molecule has 0 bridgehead atoms. The Morgan fingerprint density at radius 1 is 1.30 bits per heavy atom. The van der Waals surface area contributed by atoms with E-state index in [0.717, 1.165) is 18.2 Å². The van der Waals surface area contributed by atoms with Crippen LogP contribution in [0.1, 0.15) is 31.0 Å². The van der Waals surface area contributed by atoms with E-state index in [2.05, 4.69) is 4.98 Å². The highest BCUT2D eigenvalue weighted by Crippen LogP contribution is 2.38. The Labute approximate surface area is 223 Å². The maximum atomic E-state index is 15.5. The molecule has 0 saturated carbocycles. The standard InChI is InChI=1S/C27H28ClF3N2O3S/c1-36-18-4-7-24-19(13-18)26(21(28)14-32-24)23(31)5-2-16-8-9-33(15-20(16)27(34)35)10-11-37-25-12-17(29)3-6-22(25)30/h3-4,6-7,12-14,16,20,23H,2,5,8-11,15H2,1H3,(H,34,35). The maximum Gasteiger partial charge on any atom is 0.308 e. The number of alkyl halides is 1. The van der Waals surface area contributed by atoms with Gasteiger partial charge in [-0.15, -0.1) is 11.8 Å². The van der Waals surface area contributed by atoms with E-state index < -0.39 is 29.7 Å². The molecule has 1 saturated heterocycles. The van der Waals surface area contributed by atoms with Gasteiger partial charge in [0.1, 0.15) is 23.6 Å². The SMILES string of the molecule is COc1ccc2ncc(Cl)c(C(F)CCC3CCN(CCSc4cc(F)ccc4F)CC3C(=O)O)c2c1. The monoisotopic (exact) mass is 552 g/mol. The first-order valence-electron chi connectivity index (χ1n) is 12.1. The van der Waals surface area contributed by atoms with Crippen LogP contribution < -0.4 is 4.74 Å². The van der Waals surface area contributed by atoms with Gasteiger partial charge >= 0.3 is 5.97 Å². The number of aromatic nitrogens is 1. The van der Waals surface area contributed by atoms with Gasteiger partial charge in [0.25, 0.3) is 0 Å². The number of rotatable bonds is 10. The fourth-order valence-electron chi connectivity index (χ4n) is 4.89. The predicted molar refractivity (Wildman–Crippen MR) is 139 cm³/mol. The Morgan fingerprint density at radius 2 is 2.11 bits per heavy atom. The van der Waals surface area contributed by atoms with Crippen LogP contribution in [0.25, 0.3) is 10.9 Å². The Morgan fingerprint density at radius 3 is 2.86 bits per heavy atom. The summed E-state index contributed by atoms with van der Waals surface area (Å²) < 4.78 is 48.0. The number of nitrogens with zero attached hydrogens (tertiary/aromatic N) is 2. The van der Waals surface area contributed by atoms with E-state index in [0.29, 0.717) is 60.4 Å². The summed E-state index contributed by atoms with van der Waals surface area (Å²) in [4.78, 5) is 18.6. The van der Waals surface area contributed by atoms with E-state index in [1.807, 2.05) is 4.90 Å². The van der Waals surface area contributed by atoms with Gasteiger partial charge in [0.15, 0.2) is 0 Å². The number of halogens is 4. The number of carboxylic acids is 1. The van der Waals surface area contributed by atoms with Crippen LogP contribution in [0.2, 0.25) is 5.02 Å². The summed E-state index contributed by atoms with van der Waals surface area (Å²) in [6.07, 6.45) is 1.21. The third-order valence-electron chi connectivity index (χ3n) is 6.89. The summed E-state index contributed by atoms with van der Waals surface area (Å²) in [6.45, 7) is 1.54. The summed E-state index contributed by atoms with van der Waals surface area (Å²) in [5.41, 5.74) is 0.951. The van der Waals surface area contributed by atoms with Crippen molar-refractivity contribution in [3.05, 3.63) is 64.8 Å². The number of carboxylic acid groups (broad SMARTS) is 1. The van der Waals surface area contributed by atoms with Gasteiger partial charge in [0.05, 0.1) is 23.6 Å². The van der Waals surface area contributed by atoms with Gasteiger partial charge in [0, 0.05) is 40.9 Å². The number of likely N-dealkylation sites (tertiary alicyclic amines) is 1. The van der Waals surface area contributed by atoms with Crippen molar-refractivity contribution in [3.8, 4) is 5.75 Å². The molecule has 1 fully saturated rings. The Balaban J connectivity index is 1.36. The maximum absolute atomic E-state index is 15.5. The molecule has 0 radical (unpaired) electrons. The first-order chi connectivity index (χ1) is 17.8. The number of ether oxygens (including phenoxy) is 1. The van der Waals surface area contributed by atoms with Crippen LogP contribution >= 0.6 is 23.4 Å². The molecule has 10 heteroatoms. The van der Waals surface area contributed by atoms with E-state index in [9.17, 15) is 18.7 Å². The molecule has 37 heavy (non-hydrogen) atoms. The van der Waals surface area contributed by atoms with Gasteiger partial charge in [-0.2, -0.15) is 0 Å². The number of hydrogen-bond acceptors (Lipinski definition) is 5. The molecule has 0 aliphatic carbocycles. The molecule has 0 amide bonds. The molecule has 3 aromatic rings. The molecule has 4 rings (SSSR count). The summed E-state index contributed by atoms with van der Waals surface area (Å²) in [7, 11) is 1.53. The van der Waals surface area contributed by atoms with Crippen molar-refractivity contribution in [2.75, 3.05) is 32.5 Å². The van der Waals surface area contributed by atoms with Crippen LogP contribution in [0.5, 0.6) is 5.75 Å². The minimum Gasteiger partial charge on any atom is -0.497 e. The molecular formula is C27H28ClF3N2O3S. The first-order valence-corrected chi connectivity index (χ1v) is 13.4. The van der Waals surface area contributed by atoms with Gasteiger partial charge in [-0.3, -0.25) is 9.78 Å². The molecule has 1 aromatic heterocycles. The Kier molecular flexibility index (Phi) is 9.21. The zero-order chi connectivity index (χ0) is 26.5. The lowest BCUT2D eigenvalue weighted by Crippen LogP contribution is -2.44. The summed E-state index contributed by atoms with van der Waals surface area (Å²) in [5.74, 6) is -1.63. The van der Waals surface area contributed by atoms with E-state index in [4.69, 9.17) is 16.3 Å². The van der Waals surface area contributed by atoms with Crippen molar-refractivity contribution in [2.24, 2.45) is 11.8 Å². The van der Waals surface area contributed by atoms with E-state index in [-0.39, 0.29) is 22.3 Å². The second-order valence-corrected chi connectivity index (χ2v) is 10.7. The lowest BCUT2D eigenvalue weighted by atomic mass is 9.81. The molecular weight excluding hydrogens is 525 g/mol. The van der Waals surface area contributed by atoms with Gasteiger partial charge in [-0.1, -0.05) is 11.6 Å². The van der Waals surface area contributed by atoms with Crippen LogP contribution in [0, 0.1) is 23.5 Å². The molecule has 1 aliphatic heterocycles. The molecule has 198 valence electrons. The number of benzene rings is 2. The van der Waals surface area contributed by atoms with Crippen LogP contribution in [0.4, 0.5) is 13.2 Å². The number of pyridine rings is 1. The van der Waals surface area contributed by atoms with Gasteiger partial charge in [-0.05, 0) is 68.1 Å². The van der Waals surface area contributed by atoms with E-state index in [1.165, 1.54) is 25.1 Å². The van der Waals surface area contributed by atoms with E-state index >= 15 is 4.39 Å². The zero-order valence-electron chi connectivity index (χ0n) is 20.3. The number of fused-ring (bicyclic) bond motifs is 1. The fourth-order valence-corrected chi connectivity index (χ4v) is 6.13. The van der Waals surface area contributed by atoms with Crippen molar-refractivity contribution >= 4 is 40.2 Å². The quantitative estimate of drug-likeness (QED) is 0.280. The van der Waals surface area contributed by atoms with Crippen LogP contribution in [0.15, 0.2) is 47.5 Å². The highest BCUT2D eigenvalue weighted by molar-refractivity contribution is 7.99. The number of piperidine rings is 1. The normalized spacial score (nSPS) is 19.2. The molecule has 1 N–H and O–H groups in total. The summed E-state index contributed by atoms with van der Waals surface area (Å²) >= 11 is 7.54. The smallest absolute Gasteiger partial charge is 0.308 e. The third-order valence-corrected chi connectivity index (χ3v) is 8.20. The largest absolute Gasteiger partial charge is 0.497 e. The fraction of sp³-hybridized carbons (Fsp3) is 0.407. The second kappa shape index (κ2) is 12.4.